The Kier molecular flexibility index (Phi) is 9.14. The molecule has 11 nitrogen and oxygen atoms in total. The standard InChI is InChI=1S/C39H41Cl2FN4O7/c1-39(2,3)53-38(49)45-11-10-44(32-16-33(32)45)24-12-28(40)34(29(41)13-24)36(47)43-17-21-6-5-7-25(35(21)52-20-43)26-15-31(27(14-30(26)42)37(48)50-4)46-22-8-9-23(46)19-51-18-22/h5-7,12-15,22-23,32-33H,8-11,16-20H2,1-4H3. The molecule has 14 heteroatoms. The van der Waals surface area contributed by atoms with Gasteiger partial charge in [-0.3, -0.25) is 4.79 Å². The van der Waals surface area contributed by atoms with Crippen molar-refractivity contribution in [3.8, 4) is 16.9 Å². The molecule has 5 aliphatic rings. The fourth-order valence-electron chi connectivity index (χ4n) is 8.23. The molecule has 280 valence electrons. The van der Waals surface area contributed by atoms with Gasteiger partial charge in [-0.05, 0) is 64.3 Å². The molecule has 1 aliphatic carbocycles. The lowest BCUT2D eigenvalue weighted by Crippen LogP contribution is -2.50. The number of rotatable bonds is 5. The number of hydrogen-bond donors (Lipinski definition) is 0. The molecule has 8 rings (SSSR count). The van der Waals surface area contributed by atoms with Gasteiger partial charge >= 0.3 is 12.1 Å². The van der Waals surface area contributed by atoms with Crippen molar-refractivity contribution in [1.29, 1.82) is 0 Å². The summed E-state index contributed by atoms with van der Waals surface area (Å²) in [5, 5.41) is 0.419. The quantitative estimate of drug-likeness (QED) is 0.251. The number of fused-ring (bicyclic) bond motifs is 4. The minimum atomic E-state index is -0.611. The van der Waals surface area contributed by atoms with E-state index in [1.165, 1.54) is 18.1 Å². The number of nitrogens with zero attached hydrogens (tertiary/aromatic N) is 4. The molecule has 1 saturated carbocycles. The number of methoxy groups -OCH3 is 1. The van der Waals surface area contributed by atoms with E-state index in [2.05, 4.69) is 9.80 Å². The number of piperazine rings is 1. The Morgan fingerprint density at radius 3 is 2.34 bits per heavy atom. The maximum absolute atomic E-state index is 16.0. The van der Waals surface area contributed by atoms with E-state index in [0.29, 0.717) is 48.9 Å². The Bertz CT molecular complexity index is 1970. The first-order valence-electron chi connectivity index (χ1n) is 17.9. The predicted octanol–water partition coefficient (Wildman–Crippen LogP) is 7.14. The Morgan fingerprint density at radius 1 is 0.943 bits per heavy atom. The van der Waals surface area contributed by atoms with Gasteiger partial charge in [-0.25, -0.2) is 14.0 Å². The number of morpholine rings is 1. The first kappa shape index (κ1) is 35.8. The van der Waals surface area contributed by atoms with E-state index in [-0.39, 0.29) is 70.3 Å². The SMILES string of the molecule is COC(=O)c1cc(F)c(-c2cccc3c2OCN(C(=O)c2c(Cl)cc(N4CCN(C(=O)OC(C)(C)C)C5CC54)cc2Cl)C3)cc1N1C2CCC1COC2. The second-order valence-corrected chi connectivity index (χ2v) is 16.1. The van der Waals surface area contributed by atoms with Crippen molar-refractivity contribution in [3.63, 3.8) is 0 Å². The van der Waals surface area contributed by atoms with Gasteiger partial charge in [0.1, 0.15) is 17.2 Å². The maximum atomic E-state index is 16.0. The first-order valence-corrected chi connectivity index (χ1v) is 18.7. The zero-order valence-corrected chi connectivity index (χ0v) is 31.5. The van der Waals surface area contributed by atoms with Gasteiger partial charge in [0.15, 0.2) is 6.73 Å². The number of halogens is 3. The van der Waals surface area contributed by atoms with E-state index in [9.17, 15) is 14.4 Å². The average molecular weight is 768 g/mol. The molecule has 0 spiro atoms. The normalized spacial score (nSPS) is 23.2. The molecule has 2 bridgehead atoms. The molecule has 4 atom stereocenters. The fraction of sp³-hybridized carbons (Fsp3) is 0.462. The van der Waals surface area contributed by atoms with Gasteiger partial charge in [0.25, 0.3) is 5.91 Å². The lowest BCUT2D eigenvalue weighted by molar-refractivity contribution is 0.0218. The van der Waals surface area contributed by atoms with E-state index in [1.54, 1.807) is 35.2 Å². The highest BCUT2D eigenvalue weighted by Gasteiger charge is 2.52. The van der Waals surface area contributed by atoms with Crippen molar-refractivity contribution >= 4 is 52.5 Å². The number of ether oxygens (including phenoxy) is 4. The molecule has 3 aromatic rings. The number of amides is 2. The van der Waals surface area contributed by atoms with Crippen LogP contribution in [-0.2, 0) is 20.8 Å². The van der Waals surface area contributed by atoms with E-state index >= 15 is 4.39 Å². The third kappa shape index (κ3) is 6.52. The van der Waals surface area contributed by atoms with Crippen LogP contribution in [0, 0.1) is 5.82 Å². The van der Waals surface area contributed by atoms with Gasteiger partial charge in [0.05, 0.1) is 77.9 Å². The van der Waals surface area contributed by atoms with E-state index in [4.69, 9.17) is 42.1 Å². The van der Waals surface area contributed by atoms with Crippen molar-refractivity contribution in [1.82, 2.24) is 9.80 Å². The molecule has 53 heavy (non-hydrogen) atoms. The molecule has 4 heterocycles. The first-order chi connectivity index (χ1) is 25.3. The summed E-state index contributed by atoms with van der Waals surface area (Å²) in [6.07, 6.45) is 2.31. The van der Waals surface area contributed by atoms with E-state index in [1.807, 2.05) is 26.8 Å². The van der Waals surface area contributed by atoms with Crippen molar-refractivity contribution in [2.75, 3.05) is 49.9 Å². The van der Waals surface area contributed by atoms with Crippen LogP contribution in [0.4, 0.5) is 20.6 Å². The highest BCUT2D eigenvalue weighted by molar-refractivity contribution is 6.40. The number of esters is 1. The molecule has 2 amide bonds. The number of benzene rings is 3. The summed E-state index contributed by atoms with van der Waals surface area (Å²) in [5.74, 6) is -1.15. The monoisotopic (exact) mass is 766 g/mol. The summed E-state index contributed by atoms with van der Waals surface area (Å²) in [6.45, 7) is 7.74. The van der Waals surface area contributed by atoms with Crippen LogP contribution in [0.5, 0.6) is 5.75 Å². The van der Waals surface area contributed by atoms with Gasteiger partial charge in [0.2, 0.25) is 0 Å². The highest BCUT2D eigenvalue weighted by Crippen LogP contribution is 2.45. The summed E-state index contributed by atoms with van der Waals surface area (Å²) in [7, 11) is 1.29. The molecule has 0 aromatic heterocycles. The number of hydrogen-bond acceptors (Lipinski definition) is 9. The number of para-hydroxylation sites is 1. The summed E-state index contributed by atoms with van der Waals surface area (Å²) in [6, 6.07) is 12.1. The summed E-state index contributed by atoms with van der Waals surface area (Å²) >= 11 is 13.6. The van der Waals surface area contributed by atoms with Crippen LogP contribution in [0.25, 0.3) is 11.1 Å². The van der Waals surface area contributed by atoms with Crippen LogP contribution < -0.4 is 14.5 Å². The highest BCUT2D eigenvalue weighted by atomic mass is 35.5. The maximum Gasteiger partial charge on any atom is 0.410 e. The number of carbonyl (C=O) groups is 3. The molecule has 4 unspecified atom stereocenters. The fourth-order valence-corrected chi connectivity index (χ4v) is 8.87. The average Bonchev–Trinajstić information content (AvgIpc) is 3.88. The zero-order chi connectivity index (χ0) is 37.3. The van der Waals surface area contributed by atoms with Crippen LogP contribution in [0.2, 0.25) is 10.0 Å². The van der Waals surface area contributed by atoms with Crippen LogP contribution in [-0.4, -0.2) is 97.7 Å². The summed E-state index contributed by atoms with van der Waals surface area (Å²) in [5.41, 5.74) is 2.60. The van der Waals surface area contributed by atoms with Crippen molar-refractivity contribution in [3.05, 3.63) is 75.0 Å². The van der Waals surface area contributed by atoms with Gasteiger partial charge < -0.3 is 38.5 Å². The van der Waals surface area contributed by atoms with Crippen molar-refractivity contribution < 1.29 is 37.7 Å². The van der Waals surface area contributed by atoms with Crippen molar-refractivity contribution in [2.24, 2.45) is 0 Å². The molecule has 0 radical (unpaired) electrons. The smallest absolute Gasteiger partial charge is 0.410 e. The second-order valence-electron chi connectivity index (χ2n) is 15.3. The van der Waals surface area contributed by atoms with E-state index < -0.39 is 23.3 Å². The topological polar surface area (TPSA) is 101 Å². The van der Waals surface area contributed by atoms with Crippen LogP contribution in [0.1, 0.15) is 66.3 Å². The minimum Gasteiger partial charge on any atom is -0.472 e. The molecule has 3 saturated heterocycles. The number of carbonyl (C=O) groups excluding carboxylic acids is 3. The van der Waals surface area contributed by atoms with Gasteiger partial charge in [-0.2, -0.15) is 0 Å². The molecule has 0 N–H and O–H groups in total. The molecular formula is C39H41Cl2FN4O7. The van der Waals surface area contributed by atoms with Crippen LogP contribution in [0.15, 0.2) is 42.5 Å². The number of anilines is 2. The second kappa shape index (κ2) is 13.5. The summed E-state index contributed by atoms with van der Waals surface area (Å²) < 4.78 is 38.6. The largest absolute Gasteiger partial charge is 0.472 e. The Balaban J connectivity index is 1.02. The van der Waals surface area contributed by atoms with Gasteiger partial charge in [0, 0.05) is 35.5 Å². The summed E-state index contributed by atoms with van der Waals surface area (Å²) in [4.78, 5) is 47.2. The lowest BCUT2D eigenvalue weighted by Gasteiger charge is -2.38. The third-order valence-electron chi connectivity index (χ3n) is 10.7. The molecular weight excluding hydrogens is 726 g/mol. The predicted molar refractivity (Wildman–Crippen MR) is 198 cm³/mol. The molecule has 4 fully saturated rings. The third-order valence-corrected chi connectivity index (χ3v) is 11.3. The van der Waals surface area contributed by atoms with Crippen LogP contribution >= 0.6 is 23.2 Å². The van der Waals surface area contributed by atoms with Gasteiger partial charge in [-0.15, -0.1) is 0 Å². The van der Waals surface area contributed by atoms with Crippen LogP contribution in [0.3, 0.4) is 0 Å². The van der Waals surface area contributed by atoms with Crippen molar-refractivity contribution in [2.45, 2.75) is 76.3 Å². The Morgan fingerprint density at radius 2 is 1.66 bits per heavy atom. The lowest BCUT2D eigenvalue weighted by atomic mass is 9.96. The molecule has 4 aliphatic heterocycles. The zero-order valence-electron chi connectivity index (χ0n) is 30.0. The minimum absolute atomic E-state index is 0.0354. The van der Waals surface area contributed by atoms with Gasteiger partial charge in [-0.1, -0.05) is 41.4 Å². The molecule has 3 aromatic carbocycles. The Labute approximate surface area is 317 Å². The van der Waals surface area contributed by atoms with E-state index in [0.717, 1.165) is 24.9 Å². The Hall–Kier alpha value is -4.26.